The Hall–Kier alpha value is -3.55. The number of carbonyl (C=O) groups excluding carboxylic acids is 2. The van der Waals surface area contributed by atoms with Crippen molar-refractivity contribution < 1.29 is 19.1 Å². The quantitative estimate of drug-likeness (QED) is 0.516. The highest BCUT2D eigenvalue weighted by Gasteiger charge is 2.16. The first-order valence-corrected chi connectivity index (χ1v) is 10.5. The third kappa shape index (κ3) is 4.96. The number of hydrogen-bond donors (Lipinski definition) is 2. The molecular formula is C23H26N4O4. The van der Waals surface area contributed by atoms with E-state index < -0.39 is 0 Å². The number of aryl methyl sites for hydroxylation is 1. The van der Waals surface area contributed by atoms with Gasteiger partial charge in [-0.15, -0.1) is 0 Å². The Morgan fingerprint density at radius 2 is 1.94 bits per heavy atom. The van der Waals surface area contributed by atoms with Crippen molar-refractivity contribution in [2.24, 2.45) is 0 Å². The Bertz CT molecular complexity index is 1090. The van der Waals surface area contributed by atoms with E-state index in [0.29, 0.717) is 36.6 Å². The van der Waals surface area contributed by atoms with Crippen LogP contribution in [-0.4, -0.2) is 34.7 Å². The van der Waals surface area contributed by atoms with Gasteiger partial charge in [0.1, 0.15) is 12.4 Å². The van der Waals surface area contributed by atoms with E-state index in [0.717, 1.165) is 29.7 Å². The van der Waals surface area contributed by atoms with Crippen LogP contribution in [0, 0.1) is 0 Å². The topological polar surface area (TPSA) is 94.5 Å². The number of ether oxygens (including phenoxy) is 2. The predicted molar refractivity (Wildman–Crippen MR) is 117 cm³/mol. The summed E-state index contributed by atoms with van der Waals surface area (Å²) in [5, 5.41) is 5.84. The monoisotopic (exact) mass is 422 g/mol. The van der Waals surface area contributed by atoms with E-state index in [-0.39, 0.29) is 25.2 Å². The van der Waals surface area contributed by atoms with E-state index in [2.05, 4.69) is 10.6 Å². The van der Waals surface area contributed by atoms with Crippen molar-refractivity contribution >= 4 is 28.5 Å². The van der Waals surface area contributed by atoms with Crippen molar-refractivity contribution in [3.05, 3.63) is 48.3 Å². The van der Waals surface area contributed by atoms with Crippen LogP contribution in [0.4, 0.5) is 5.69 Å². The van der Waals surface area contributed by atoms with Gasteiger partial charge >= 0.3 is 0 Å². The molecule has 8 nitrogen and oxygen atoms in total. The van der Waals surface area contributed by atoms with E-state index in [1.807, 2.05) is 35.8 Å². The van der Waals surface area contributed by atoms with Gasteiger partial charge in [-0.2, -0.15) is 0 Å². The lowest BCUT2D eigenvalue weighted by molar-refractivity contribution is -0.121. The lowest BCUT2D eigenvalue weighted by Gasteiger charge is -2.11. The lowest BCUT2D eigenvalue weighted by atomic mass is 10.2. The summed E-state index contributed by atoms with van der Waals surface area (Å²) in [6.45, 7) is 2.91. The third-order valence-electron chi connectivity index (χ3n) is 5.07. The minimum absolute atomic E-state index is 0.0686. The van der Waals surface area contributed by atoms with Crippen LogP contribution < -0.4 is 20.1 Å². The van der Waals surface area contributed by atoms with Gasteiger partial charge in [-0.25, -0.2) is 4.98 Å². The number of nitrogens with one attached hydrogen (secondary N) is 2. The second kappa shape index (κ2) is 9.51. The minimum atomic E-state index is -0.153. The van der Waals surface area contributed by atoms with Crippen molar-refractivity contribution in [1.82, 2.24) is 14.9 Å². The van der Waals surface area contributed by atoms with Crippen LogP contribution in [0.15, 0.2) is 42.5 Å². The van der Waals surface area contributed by atoms with Crippen molar-refractivity contribution in [2.45, 2.75) is 39.2 Å². The summed E-state index contributed by atoms with van der Waals surface area (Å²) >= 11 is 0. The van der Waals surface area contributed by atoms with Crippen molar-refractivity contribution in [1.29, 1.82) is 0 Å². The summed E-state index contributed by atoms with van der Waals surface area (Å²) < 4.78 is 12.6. The van der Waals surface area contributed by atoms with E-state index >= 15 is 0 Å². The normalized spacial score (nSPS) is 12.2. The average Bonchev–Trinajstić information content (AvgIpc) is 3.36. The maximum atomic E-state index is 12.8. The highest BCUT2D eigenvalue weighted by Crippen LogP contribution is 2.34. The maximum Gasteiger partial charge on any atom is 0.244 e. The summed E-state index contributed by atoms with van der Waals surface area (Å²) in [5.74, 6) is 2.04. The number of benzene rings is 2. The molecule has 1 aliphatic heterocycles. The molecular weight excluding hydrogens is 396 g/mol. The fourth-order valence-corrected chi connectivity index (χ4v) is 3.60. The van der Waals surface area contributed by atoms with Gasteiger partial charge in [-0.3, -0.25) is 9.59 Å². The first kappa shape index (κ1) is 20.7. The molecule has 1 aromatic heterocycles. The molecule has 31 heavy (non-hydrogen) atoms. The second-order valence-electron chi connectivity index (χ2n) is 7.42. The van der Waals surface area contributed by atoms with Gasteiger partial charge in [0.2, 0.25) is 18.6 Å². The molecule has 8 heteroatoms. The van der Waals surface area contributed by atoms with Crippen molar-refractivity contribution in [3.63, 3.8) is 0 Å². The van der Waals surface area contributed by atoms with Crippen LogP contribution in [0.1, 0.15) is 32.0 Å². The fraction of sp³-hybridized carbons (Fsp3) is 0.348. The molecule has 0 spiro atoms. The Morgan fingerprint density at radius 3 is 2.81 bits per heavy atom. The Balaban J connectivity index is 1.43. The summed E-state index contributed by atoms with van der Waals surface area (Å²) in [6.07, 6.45) is 2.79. The van der Waals surface area contributed by atoms with Gasteiger partial charge in [-0.1, -0.05) is 19.1 Å². The third-order valence-corrected chi connectivity index (χ3v) is 5.07. The van der Waals surface area contributed by atoms with Gasteiger partial charge in [0.15, 0.2) is 11.5 Å². The van der Waals surface area contributed by atoms with E-state index in [4.69, 9.17) is 14.5 Å². The van der Waals surface area contributed by atoms with Crippen LogP contribution in [0.3, 0.4) is 0 Å². The summed E-state index contributed by atoms with van der Waals surface area (Å²) in [7, 11) is 0. The smallest absolute Gasteiger partial charge is 0.244 e. The van der Waals surface area contributed by atoms with E-state index in [1.165, 1.54) is 0 Å². The molecule has 3 aromatic rings. The van der Waals surface area contributed by atoms with Crippen molar-refractivity contribution in [3.8, 4) is 11.5 Å². The molecule has 0 aliphatic carbocycles. The van der Waals surface area contributed by atoms with Gasteiger partial charge in [0, 0.05) is 31.1 Å². The van der Waals surface area contributed by atoms with Crippen LogP contribution in [-0.2, 0) is 22.6 Å². The first-order chi connectivity index (χ1) is 15.1. The summed E-state index contributed by atoms with van der Waals surface area (Å²) in [5.41, 5.74) is 2.41. The molecule has 0 radical (unpaired) electrons. The zero-order chi connectivity index (χ0) is 21.6. The first-order valence-electron chi connectivity index (χ1n) is 10.5. The molecule has 2 N–H and O–H groups in total. The molecule has 2 amide bonds. The van der Waals surface area contributed by atoms with Crippen LogP contribution >= 0.6 is 0 Å². The van der Waals surface area contributed by atoms with Gasteiger partial charge in [0.05, 0.1) is 11.0 Å². The van der Waals surface area contributed by atoms with Crippen molar-refractivity contribution in [2.75, 3.05) is 18.7 Å². The molecule has 0 saturated carbocycles. The number of imidazole rings is 1. The Kier molecular flexibility index (Phi) is 6.35. The number of rotatable bonds is 9. The largest absolute Gasteiger partial charge is 0.454 e. The molecule has 0 bridgehead atoms. The Labute approximate surface area is 180 Å². The van der Waals surface area contributed by atoms with Crippen LogP contribution in [0.5, 0.6) is 11.5 Å². The SMILES string of the molecule is CCCC(=O)NCCCc1nc2ccccc2n1CC(=O)Nc1ccc2c(c1)OCO2. The number of fused-ring (bicyclic) bond motifs is 2. The minimum Gasteiger partial charge on any atom is -0.454 e. The van der Waals surface area contributed by atoms with Crippen LogP contribution in [0.2, 0.25) is 0 Å². The van der Waals surface area contributed by atoms with E-state index in [9.17, 15) is 9.59 Å². The molecule has 2 aromatic carbocycles. The average molecular weight is 422 g/mol. The fourth-order valence-electron chi connectivity index (χ4n) is 3.60. The van der Waals surface area contributed by atoms with E-state index in [1.54, 1.807) is 18.2 Å². The van der Waals surface area contributed by atoms with Gasteiger partial charge < -0.3 is 24.7 Å². The molecule has 2 heterocycles. The van der Waals surface area contributed by atoms with Gasteiger partial charge in [0.25, 0.3) is 0 Å². The molecule has 0 fully saturated rings. The zero-order valence-electron chi connectivity index (χ0n) is 17.5. The zero-order valence-corrected chi connectivity index (χ0v) is 17.5. The molecule has 0 unspecified atom stereocenters. The molecule has 1 aliphatic rings. The van der Waals surface area contributed by atoms with Crippen LogP contribution in [0.25, 0.3) is 11.0 Å². The summed E-state index contributed by atoms with van der Waals surface area (Å²) in [4.78, 5) is 29.1. The standard InChI is InChI=1S/C23H26N4O4/c1-2-6-22(28)24-12-5-9-21-26-17-7-3-4-8-18(17)27(21)14-23(29)25-16-10-11-19-20(13-16)31-15-30-19/h3-4,7-8,10-11,13H,2,5-6,9,12,14-15H2,1H3,(H,24,28)(H,25,29). The molecule has 4 rings (SSSR count). The lowest BCUT2D eigenvalue weighted by Crippen LogP contribution is -2.25. The number of amides is 2. The Morgan fingerprint density at radius 1 is 1.10 bits per heavy atom. The maximum absolute atomic E-state index is 12.8. The number of carbonyl (C=O) groups is 2. The van der Waals surface area contributed by atoms with Gasteiger partial charge in [-0.05, 0) is 37.1 Å². The molecule has 0 saturated heterocycles. The predicted octanol–water partition coefficient (Wildman–Crippen LogP) is 3.25. The summed E-state index contributed by atoms with van der Waals surface area (Å²) in [6, 6.07) is 13.1. The number of anilines is 1. The highest BCUT2D eigenvalue weighted by atomic mass is 16.7. The number of aromatic nitrogens is 2. The molecule has 162 valence electrons. The highest BCUT2D eigenvalue weighted by molar-refractivity contribution is 5.92. The second-order valence-corrected chi connectivity index (χ2v) is 7.42. The number of para-hydroxylation sites is 2. The molecule has 0 atom stereocenters. The number of hydrogen-bond acceptors (Lipinski definition) is 5. The number of nitrogens with zero attached hydrogens (tertiary/aromatic N) is 2.